The fourth-order valence-electron chi connectivity index (χ4n) is 1.03. The molecule has 1 aromatic heterocycles. The van der Waals surface area contributed by atoms with E-state index in [9.17, 15) is 4.79 Å². The lowest BCUT2D eigenvalue weighted by molar-refractivity contribution is -0.139. The zero-order valence-corrected chi connectivity index (χ0v) is 9.58. The van der Waals surface area contributed by atoms with Gasteiger partial charge < -0.3 is 15.3 Å². The van der Waals surface area contributed by atoms with Crippen LogP contribution in [0.2, 0.25) is 0 Å². The van der Waals surface area contributed by atoms with E-state index in [1.807, 2.05) is 19.9 Å². The molecule has 0 aliphatic rings. The molecule has 4 nitrogen and oxygen atoms in total. The maximum Gasteiger partial charge on any atom is 0.321 e. The third kappa shape index (κ3) is 3.28. The maximum atomic E-state index is 10.8. The van der Waals surface area contributed by atoms with Crippen LogP contribution in [-0.4, -0.2) is 21.9 Å². The Morgan fingerprint density at radius 3 is 2.87 bits per heavy atom. The van der Waals surface area contributed by atoms with Crippen molar-refractivity contribution in [1.29, 1.82) is 0 Å². The zero-order chi connectivity index (χ0) is 11.5. The first-order valence-electron chi connectivity index (χ1n) is 4.57. The minimum Gasteiger partial charge on any atom is -0.480 e. The summed E-state index contributed by atoms with van der Waals surface area (Å²) < 4.78 is 4.43. The number of hydrogen-bond acceptors (Lipinski definition) is 4. The highest BCUT2D eigenvalue weighted by Gasteiger charge is 2.32. The van der Waals surface area contributed by atoms with E-state index in [0.717, 1.165) is 5.56 Å². The van der Waals surface area contributed by atoms with Gasteiger partial charge in [0.1, 0.15) is 6.04 Å². The van der Waals surface area contributed by atoms with Gasteiger partial charge in [0.2, 0.25) is 0 Å². The van der Waals surface area contributed by atoms with E-state index in [0.29, 0.717) is 5.75 Å². The molecular weight excluding hydrogens is 214 g/mol. The van der Waals surface area contributed by atoms with E-state index in [1.54, 1.807) is 12.5 Å². The quantitative estimate of drug-likeness (QED) is 0.803. The summed E-state index contributed by atoms with van der Waals surface area (Å²) in [6.07, 6.45) is 3.25. The van der Waals surface area contributed by atoms with Crippen LogP contribution >= 0.6 is 11.8 Å². The summed E-state index contributed by atoms with van der Waals surface area (Å²) in [4.78, 5) is 10.8. The molecule has 0 bridgehead atoms. The number of carboxylic acid groups (broad SMARTS) is 1. The summed E-state index contributed by atoms with van der Waals surface area (Å²) in [7, 11) is 0. The van der Waals surface area contributed by atoms with Gasteiger partial charge >= 0.3 is 5.97 Å². The molecule has 5 heteroatoms. The number of furan rings is 1. The van der Waals surface area contributed by atoms with Crippen molar-refractivity contribution in [3.63, 3.8) is 0 Å². The number of nitrogens with two attached hydrogens (primary N) is 1. The summed E-state index contributed by atoms with van der Waals surface area (Å²) in [5.41, 5.74) is 6.62. The van der Waals surface area contributed by atoms with Crippen molar-refractivity contribution in [2.24, 2.45) is 5.73 Å². The van der Waals surface area contributed by atoms with Gasteiger partial charge in [-0.3, -0.25) is 4.79 Å². The molecule has 0 saturated heterocycles. The largest absolute Gasteiger partial charge is 0.480 e. The van der Waals surface area contributed by atoms with E-state index < -0.39 is 16.8 Å². The molecule has 0 amide bonds. The SMILES string of the molecule is CC(C)(SCc1ccoc1)[C@@H](N)C(=O)O. The highest BCUT2D eigenvalue weighted by Crippen LogP contribution is 2.30. The lowest BCUT2D eigenvalue weighted by Crippen LogP contribution is -2.46. The van der Waals surface area contributed by atoms with Gasteiger partial charge in [-0.1, -0.05) is 0 Å². The average Bonchev–Trinajstić information content (AvgIpc) is 2.66. The lowest BCUT2D eigenvalue weighted by Gasteiger charge is -2.27. The number of hydrogen-bond donors (Lipinski definition) is 2. The van der Waals surface area contributed by atoms with Crippen molar-refractivity contribution in [2.45, 2.75) is 30.4 Å². The van der Waals surface area contributed by atoms with Crippen molar-refractivity contribution >= 4 is 17.7 Å². The molecule has 0 aromatic carbocycles. The van der Waals surface area contributed by atoms with Gasteiger partial charge in [-0.05, 0) is 19.9 Å². The normalized spacial score (nSPS) is 13.8. The Kier molecular flexibility index (Phi) is 3.82. The van der Waals surface area contributed by atoms with Gasteiger partial charge in [0, 0.05) is 16.1 Å². The van der Waals surface area contributed by atoms with Gasteiger partial charge in [0.15, 0.2) is 0 Å². The molecule has 3 N–H and O–H groups in total. The summed E-state index contributed by atoms with van der Waals surface area (Å²) in [5.74, 6) is -0.274. The van der Waals surface area contributed by atoms with Crippen molar-refractivity contribution in [1.82, 2.24) is 0 Å². The first kappa shape index (κ1) is 12.1. The first-order chi connectivity index (χ1) is 6.93. The Bertz CT molecular complexity index is 321. The van der Waals surface area contributed by atoms with E-state index in [-0.39, 0.29) is 0 Å². The smallest absolute Gasteiger partial charge is 0.321 e. The molecule has 1 heterocycles. The molecule has 0 aliphatic carbocycles. The second-order valence-corrected chi connectivity index (χ2v) is 5.47. The van der Waals surface area contributed by atoms with Crippen LogP contribution in [-0.2, 0) is 10.5 Å². The summed E-state index contributed by atoms with van der Waals surface area (Å²) >= 11 is 1.51. The topological polar surface area (TPSA) is 76.5 Å². The molecule has 84 valence electrons. The molecule has 15 heavy (non-hydrogen) atoms. The van der Waals surface area contributed by atoms with E-state index >= 15 is 0 Å². The van der Waals surface area contributed by atoms with E-state index in [1.165, 1.54) is 11.8 Å². The molecule has 0 unspecified atom stereocenters. The molecule has 1 aromatic rings. The highest BCUT2D eigenvalue weighted by atomic mass is 32.2. The first-order valence-corrected chi connectivity index (χ1v) is 5.55. The van der Waals surface area contributed by atoms with Gasteiger partial charge in [0.25, 0.3) is 0 Å². The van der Waals surface area contributed by atoms with Crippen LogP contribution in [0.5, 0.6) is 0 Å². The molecule has 0 radical (unpaired) electrons. The Balaban J connectivity index is 2.53. The van der Waals surface area contributed by atoms with Gasteiger partial charge in [-0.2, -0.15) is 0 Å². The fourth-order valence-corrected chi connectivity index (χ4v) is 2.01. The molecule has 0 aliphatic heterocycles. The monoisotopic (exact) mass is 229 g/mol. The third-order valence-electron chi connectivity index (χ3n) is 2.21. The zero-order valence-electron chi connectivity index (χ0n) is 8.77. The molecule has 1 rings (SSSR count). The van der Waals surface area contributed by atoms with Crippen LogP contribution in [0.25, 0.3) is 0 Å². The maximum absolute atomic E-state index is 10.8. The predicted molar refractivity (Wildman–Crippen MR) is 59.7 cm³/mol. The van der Waals surface area contributed by atoms with Crippen LogP contribution in [0.3, 0.4) is 0 Å². The lowest BCUT2D eigenvalue weighted by atomic mass is 10.1. The van der Waals surface area contributed by atoms with Crippen LogP contribution in [0.1, 0.15) is 19.4 Å². The number of thioether (sulfide) groups is 1. The van der Waals surface area contributed by atoms with E-state index in [2.05, 4.69) is 0 Å². The third-order valence-corrected chi connectivity index (χ3v) is 3.68. The summed E-state index contributed by atoms with van der Waals surface area (Å²) in [5, 5.41) is 8.82. The van der Waals surface area contributed by atoms with Crippen LogP contribution in [0.15, 0.2) is 23.0 Å². The Morgan fingerprint density at radius 2 is 2.40 bits per heavy atom. The molecule has 0 fully saturated rings. The van der Waals surface area contributed by atoms with Gasteiger partial charge in [-0.15, -0.1) is 11.8 Å². The molecule has 1 atom stereocenters. The number of carboxylic acids is 1. The number of aliphatic carboxylic acids is 1. The van der Waals surface area contributed by atoms with Crippen LogP contribution in [0.4, 0.5) is 0 Å². The summed E-state index contributed by atoms with van der Waals surface area (Å²) in [6.45, 7) is 3.66. The van der Waals surface area contributed by atoms with Gasteiger partial charge in [-0.25, -0.2) is 0 Å². The highest BCUT2D eigenvalue weighted by molar-refractivity contribution is 7.99. The number of carbonyl (C=O) groups is 1. The predicted octanol–water partition coefficient (Wildman–Crippen LogP) is 1.70. The second kappa shape index (κ2) is 4.72. The van der Waals surface area contributed by atoms with Crippen molar-refractivity contribution in [3.8, 4) is 0 Å². The molecule has 0 saturated carbocycles. The minimum absolute atomic E-state index is 0.497. The van der Waals surface area contributed by atoms with Crippen molar-refractivity contribution in [2.75, 3.05) is 0 Å². The minimum atomic E-state index is -0.973. The number of rotatable bonds is 5. The molecule has 0 spiro atoms. The fraction of sp³-hybridized carbons (Fsp3) is 0.500. The standard InChI is InChI=1S/C10H15NO3S/c1-10(2,8(11)9(12)13)15-6-7-3-4-14-5-7/h3-5,8H,6,11H2,1-2H3,(H,12,13)/t8-/m0/s1. The average molecular weight is 229 g/mol. The van der Waals surface area contributed by atoms with Gasteiger partial charge in [0.05, 0.1) is 12.5 Å². The Morgan fingerprint density at radius 1 is 1.73 bits per heavy atom. The van der Waals surface area contributed by atoms with E-state index in [4.69, 9.17) is 15.3 Å². The molecular formula is C10H15NO3S. The van der Waals surface area contributed by atoms with Crippen molar-refractivity contribution < 1.29 is 14.3 Å². The summed E-state index contributed by atoms with van der Waals surface area (Å²) in [6, 6.07) is 0.990. The van der Waals surface area contributed by atoms with Crippen LogP contribution in [0, 0.1) is 0 Å². The Hall–Kier alpha value is -0.940. The van der Waals surface area contributed by atoms with Crippen LogP contribution < -0.4 is 5.73 Å². The van der Waals surface area contributed by atoms with Crippen molar-refractivity contribution in [3.05, 3.63) is 24.2 Å². The second-order valence-electron chi connectivity index (χ2n) is 3.84. The Labute approximate surface area is 92.8 Å².